The third-order valence-electron chi connectivity index (χ3n) is 3.92. The van der Waals surface area contributed by atoms with E-state index in [4.69, 9.17) is 0 Å². The molecule has 0 aromatic heterocycles. The summed E-state index contributed by atoms with van der Waals surface area (Å²) in [5, 5.41) is 4.12. The number of hydrogen-bond donors (Lipinski definition) is 1. The topological polar surface area (TPSA) is 32.3 Å². The lowest BCUT2D eigenvalue weighted by atomic mass is 9.94. The Morgan fingerprint density at radius 2 is 2.06 bits per heavy atom. The van der Waals surface area contributed by atoms with Gasteiger partial charge in [0.15, 0.2) is 0 Å². The molecule has 1 heterocycles. The van der Waals surface area contributed by atoms with Crippen LogP contribution in [0.25, 0.3) is 0 Å². The van der Waals surface area contributed by atoms with Crippen LogP contribution in [-0.2, 0) is 4.79 Å². The molecule has 4 heteroatoms. The average Bonchev–Trinajstić information content (AvgIpc) is 2.70. The summed E-state index contributed by atoms with van der Waals surface area (Å²) < 4.78 is 0. The Bertz CT molecular complexity index is 251. The molecule has 0 aromatic rings. The van der Waals surface area contributed by atoms with E-state index in [-0.39, 0.29) is 6.04 Å². The van der Waals surface area contributed by atoms with Gasteiger partial charge in [0, 0.05) is 11.3 Å². The summed E-state index contributed by atoms with van der Waals surface area (Å²) in [7, 11) is 0. The summed E-state index contributed by atoms with van der Waals surface area (Å²) in [5.41, 5.74) is 0. The number of nitrogens with zero attached hydrogens (tertiary/aromatic N) is 1. The number of carbonyl (C=O) groups is 1. The van der Waals surface area contributed by atoms with Crippen LogP contribution < -0.4 is 5.32 Å². The fourth-order valence-corrected chi connectivity index (χ4v) is 3.54. The van der Waals surface area contributed by atoms with Crippen molar-refractivity contribution in [2.24, 2.45) is 0 Å². The summed E-state index contributed by atoms with van der Waals surface area (Å²) in [6.45, 7) is 2.84. The number of carbonyl (C=O) groups excluding carboxylic acids is 1. The molecule has 1 saturated carbocycles. The van der Waals surface area contributed by atoms with Crippen molar-refractivity contribution in [3.05, 3.63) is 0 Å². The third kappa shape index (κ3) is 2.38. The van der Waals surface area contributed by atoms with Gasteiger partial charge in [-0.3, -0.25) is 10.1 Å². The molecular formula is C12H22N2OS. The second-order valence-electron chi connectivity index (χ2n) is 4.80. The van der Waals surface area contributed by atoms with E-state index in [1.165, 1.54) is 25.7 Å². The molecule has 16 heavy (non-hydrogen) atoms. The van der Waals surface area contributed by atoms with E-state index in [0.29, 0.717) is 11.9 Å². The van der Waals surface area contributed by atoms with Crippen LogP contribution in [0.5, 0.6) is 0 Å². The zero-order valence-electron chi connectivity index (χ0n) is 10.2. The van der Waals surface area contributed by atoms with Gasteiger partial charge in [-0.05, 0) is 38.4 Å². The lowest BCUT2D eigenvalue weighted by Crippen LogP contribution is -2.41. The monoisotopic (exact) mass is 242 g/mol. The van der Waals surface area contributed by atoms with E-state index >= 15 is 0 Å². The molecule has 1 unspecified atom stereocenters. The lowest BCUT2D eigenvalue weighted by Gasteiger charge is -2.33. The molecule has 2 fully saturated rings. The maximum Gasteiger partial charge on any atom is 0.241 e. The van der Waals surface area contributed by atoms with Crippen LogP contribution in [0.2, 0.25) is 0 Å². The Morgan fingerprint density at radius 1 is 1.38 bits per heavy atom. The van der Waals surface area contributed by atoms with Gasteiger partial charge < -0.3 is 4.90 Å². The molecule has 3 nitrogen and oxygen atoms in total. The molecule has 1 amide bonds. The van der Waals surface area contributed by atoms with Crippen molar-refractivity contribution in [1.29, 1.82) is 0 Å². The van der Waals surface area contributed by atoms with E-state index in [0.717, 1.165) is 18.3 Å². The van der Waals surface area contributed by atoms with Gasteiger partial charge in [-0.15, -0.1) is 0 Å². The molecule has 1 aliphatic carbocycles. The molecule has 1 aliphatic heterocycles. The van der Waals surface area contributed by atoms with Crippen LogP contribution in [0.3, 0.4) is 0 Å². The normalized spacial score (nSPS) is 35.8. The minimum Gasteiger partial charge on any atom is -0.326 e. The van der Waals surface area contributed by atoms with E-state index in [1.54, 1.807) is 0 Å². The molecular weight excluding hydrogens is 220 g/mol. The van der Waals surface area contributed by atoms with Crippen molar-refractivity contribution < 1.29 is 4.79 Å². The Balaban J connectivity index is 1.88. The average molecular weight is 242 g/mol. The van der Waals surface area contributed by atoms with Gasteiger partial charge in [0.2, 0.25) is 5.91 Å². The Morgan fingerprint density at radius 3 is 2.56 bits per heavy atom. The van der Waals surface area contributed by atoms with Crippen molar-refractivity contribution in [2.45, 2.75) is 56.4 Å². The summed E-state index contributed by atoms with van der Waals surface area (Å²) in [6.07, 6.45) is 8.03. The Kier molecular flexibility index (Phi) is 4.14. The van der Waals surface area contributed by atoms with Gasteiger partial charge in [0.25, 0.3) is 0 Å². The van der Waals surface area contributed by atoms with E-state index in [2.05, 4.69) is 23.4 Å². The molecule has 1 atom stereocenters. The second-order valence-corrected chi connectivity index (χ2v) is 5.94. The van der Waals surface area contributed by atoms with Crippen LogP contribution >= 0.6 is 11.8 Å². The van der Waals surface area contributed by atoms with Crippen molar-refractivity contribution in [1.82, 2.24) is 10.2 Å². The smallest absolute Gasteiger partial charge is 0.241 e. The molecule has 2 rings (SSSR count). The van der Waals surface area contributed by atoms with E-state index in [9.17, 15) is 4.79 Å². The standard InChI is InChI=1S/C12H22N2OS/c1-3-11-12(15)14(8-13-11)9-4-6-10(16-2)7-5-9/h9-11,13H,3-8H2,1-2H3. The fraction of sp³-hybridized carbons (Fsp3) is 0.917. The Hall–Kier alpha value is -0.220. The van der Waals surface area contributed by atoms with Crippen molar-refractivity contribution in [2.75, 3.05) is 12.9 Å². The third-order valence-corrected chi connectivity index (χ3v) is 5.05. The SMILES string of the molecule is CCC1NCN(C2CCC(SC)CC2)C1=O. The molecule has 1 N–H and O–H groups in total. The predicted octanol–water partition coefficient (Wildman–Crippen LogP) is 1.83. The highest BCUT2D eigenvalue weighted by Crippen LogP contribution is 2.30. The van der Waals surface area contributed by atoms with Crippen LogP contribution in [0, 0.1) is 0 Å². The Labute approximate surface area is 102 Å². The number of thioether (sulfide) groups is 1. The molecule has 0 aromatic carbocycles. The number of hydrogen-bond acceptors (Lipinski definition) is 3. The summed E-state index contributed by atoms with van der Waals surface area (Å²) in [6, 6.07) is 0.582. The van der Waals surface area contributed by atoms with Gasteiger partial charge in [-0.25, -0.2) is 0 Å². The minimum absolute atomic E-state index is 0.0817. The van der Waals surface area contributed by atoms with Crippen LogP contribution in [0.1, 0.15) is 39.0 Å². The van der Waals surface area contributed by atoms with Gasteiger partial charge in [0.1, 0.15) is 0 Å². The number of nitrogens with one attached hydrogen (secondary N) is 1. The highest BCUT2D eigenvalue weighted by atomic mass is 32.2. The lowest BCUT2D eigenvalue weighted by molar-refractivity contribution is -0.131. The van der Waals surface area contributed by atoms with Gasteiger partial charge in [-0.1, -0.05) is 6.92 Å². The molecule has 0 radical (unpaired) electrons. The van der Waals surface area contributed by atoms with E-state index < -0.39 is 0 Å². The first-order valence-electron chi connectivity index (χ1n) is 6.33. The maximum atomic E-state index is 12.0. The van der Waals surface area contributed by atoms with Crippen molar-refractivity contribution >= 4 is 17.7 Å². The maximum absolute atomic E-state index is 12.0. The quantitative estimate of drug-likeness (QED) is 0.819. The highest BCUT2D eigenvalue weighted by molar-refractivity contribution is 7.99. The largest absolute Gasteiger partial charge is 0.326 e. The first-order valence-corrected chi connectivity index (χ1v) is 7.61. The van der Waals surface area contributed by atoms with E-state index in [1.807, 2.05) is 11.8 Å². The van der Waals surface area contributed by atoms with Gasteiger partial charge >= 0.3 is 0 Å². The van der Waals surface area contributed by atoms with Gasteiger partial charge in [0.05, 0.1) is 12.7 Å². The first kappa shape index (κ1) is 12.2. The van der Waals surface area contributed by atoms with Crippen molar-refractivity contribution in [3.63, 3.8) is 0 Å². The number of rotatable bonds is 3. The molecule has 2 aliphatic rings. The van der Waals surface area contributed by atoms with Crippen LogP contribution in [0.4, 0.5) is 0 Å². The molecule has 0 spiro atoms. The van der Waals surface area contributed by atoms with Crippen LogP contribution in [0.15, 0.2) is 0 Å². The highest BCUT2D eigenvalue weighted by Gasteiger charge is 2.35. The zero-order valence-corrected chi connectivity index (χ0v) is 11.1. The minimum atomic E-state index is 0.0817. The summed E-state index contributed by atoms with van der Waals surface area (Å²) in [5.74, 6) is 0.329. The van der Waals surface area contributed by atoms with Gasteiger partial charge in [-0.2, -0.15) is 11.8 Å². The predicted molar refractivity (Wildman–Crippen MR) is 68.5 cm³/mol. The second kappa shape index (κ2) is 5.41. The van der Waals surface area contributed by atoms with Crippen molar-refractivity contribution in [3.8, 4) is 0 Å². The summed E-state index contributed by atoms with van der Waals surface area (Å²) in [4.78, 5) is 14.1. The molecule has 1 saturated heterocycles. The fourth-order valence-electron chi connectivity index (χ4n) is 2.79. The summed E-state index contributed by atoms with van der Waals surface area (Å²) >= 11 is 1.98. The molecule has 92 valence electrons. The molecule has 0 bridgehead atoms. The zero-order chi connectivity index (χ0) is 11.5. The number of amides is 1. The first-order chi connectivity index (χ1) is 7.76. The van der Waals surface area contributed by atoms with Crippen LogP contribution in [-0.4, -0.2) is 41.1 Å².